The van der Waals surface area contributed by atoms with Gasteiger partial charge in [-0.3, -0.25) is 9.59 Å². The van der Waals surface area contributed by atoms with E-state index in [1.807, 2.05) is 11.0 Å². The largest absolute Gasteiger partial charge is 0.351 e. The van der Waals surface area contributed by atoms with Gasteiger partial charge in [-0.05, 0) is 62.2 Å². The van der Waals surface area contributed by atoms with Crippen LogP contribution in [0.1, 0.15) is 40.5 Å². The Labute approximate surface area is 157 Å². The predicted octanol–water partition coefficient (Wildman–Crippen LogP) is 3.99. The molecule has 1 unspecified atom stereocenters. The van der Waals surface area contributed by atoms with Gasteiger partial charge in [0.2, 0.25) is 0 Å². The van der Waals surface area contributed by atoms with Crippen LogP contribution in [-0.4, -0.2) is 36.0 Å². The molecule has 4 rings (SSSR count). The second-order valence-electron chi connectivity index (χ2n) is 6.60. The summed E-state index contributed by atoms with van der Waals surface area (Å²) in [7, 11) is 0. The number of hydrogen-bond acceptors (Lipinski definition) is 3. The maximum absolute atomic E-state index is 12.7. The maximum Gasteiger partial charge on any atom is 0.257 e. The van der Waals surface area contributed by atoms with E-state index in [0.29, 0.717) is 21.8 Å². The van der Waals surface area contributed by atoms with Gasteiger partial charge >= 0.3 is 0 Å². The fourth-order valence-corrected chi connectivity index (χ4v) is 3.96. The minimum absolute atomic E-state index is 0.0665. The van der Waals surface area contributed by atoms with Crippen molar-refractivity contribution in [3.8, 4) is 0 Å². The number of nitrogens with zero attached hydrogens (tertiary/aromatic N) is 2. The minimum Gasteiger partial charge on any atom is -0.351 e. The molecule has 2 aromatic carbocycles. The lowest BCUT2D eigenvalue weighted by Crippen LogP contribution is -2.52. The number of hydrogen-bond donors (Lipinski definition) is 1. The summed E-state index contributed by atoms with van der Waals surface area (Å²) < 4.78 is 0. The number of anilines is 2. The van der Waals surface area contributed by atoms with Gasteiger partial charge in [0.15, 0.2) is 0 Å². The third-order valence-corrected chi connectivity index (χ3v) is 5.34. The van der Waals surface area contributed by atoms with Gasteiger partial charge in [-0.25, -0.2) is 0 Å². The number of benzene rings is 2. The number of fused-ring (bicyclic) bond motifs is 2. The summed E-state index contributed by atoms with van der Waals surface area (Å²) in [6, 6.07) is 12.3. The van der Waals surface area contributed by atoms with Gasteiger partial charge in [0.25, 0.3) is 11.8 Å². The van der Waals surface area contributed by atoms with Gasteiger partial charge < -0.3 is 15.1 Å². The highest BCUT2D eigenvalue weighted by Gasteiger charge is 2.39. The number of halogens is 1. The molecule has 26 heavy (non-hydrogen) atoms. The van der Waals surface area contributed by atoms with Crippen molar-refractivity contribution in [3.63, 3.8) is 0 Å². The summed E-state index contributed by atoms with van der Waals surface area (Å²) in [6.45, 7) is 3.68. The van der Waals surface area contributed by atoms with Crippen molar-refractivity contribution < 1.29 is 9.59 Å². The molecule has 6 heteroatoms. The van der Waals surface area contributed by atoms with Crippen molar-refractivity contribution >= 4 is 34.8 Å². The number of rotatable bonds is 3. The molecule has 0 aromatic heterocycles. The molecule has 2 aliphatic heterocycles. The molecular weight excluding hydrogens is 350 g/mol. The van der Waals surface area contributed by atoms with Crippen LogP contribution in [0.5, 0.6) is 0 Å². The zero-order valence-electron chi connectivity index (χ0n) is 14.5. The van der Waals surface area contributed by atoms with Gasteiger partial charge in [0.05, 0.1) is 11.3 Å². The Kier molecular flexibility index (Phi) is 4.32. The van der Waals surface area contributed by atoms with Gasteiger partial charge in [0, 0.05) is 29.4 Å². The Hall–Kier alpha value is -2.53. The molecule has 2 aliphatic rings. The summed E-state index contributed by atoms with van der Waals surface area (Å²) in [5, 5.41) is 3.49. The van der Waals surface area contributed by atoms with Crippen molar-refractivity contribution in [2.45, 2.75) is 25.9 Å². The van der Waals surface area contributed by atoms with Crippen molar-refractivity contribution in [2.24, 2.45) is 0 Å². The normalized spacial score (nSPS) is 18.5. The number of carbonyl (C=O) groups excluding carboxylic acids is 2. The fraction of sp³-hybridized carbons (Fsp3) is 0.300. The van der Waals surface area contributed by atoms with Gasteiger partial charge in [0.1, 0.15) is 6.17 Å². The predicted molar refractivity (Wildman–Crippen MR) is 103 cm³/mol. The topological polar surface area (TPSA) is 52.7 Å². The molecule has 134 valence electrons. The van der Waals surface area contributed by atoms with Crippen LogP contribution in [0, 0.1) is 0 Å². The van der Waals surface area contributed by atoms with Crippen LogP contribution < -0.4 is 10.2 Å². The first-order valence-corrected chi connectivity index (χ1v) is 9.25. The summed E-state index contributed by atoms with van der Waals surface area (Å²) in [5.41, 5.74) is 2.75. The summed E-state index contributed by atoms with van der Waals surface area (Å²) in [6.07, 6.45) is 2.10. The van der Waals surface area contributed by atoms with Crippen LogP contribution in [0.15, 0.2) is 42.5 Å². The van der Waals surface area contributed by atoms with Crippen LogP contribution in [0.2, 0.25) is 5.02 Å². The van der Waals surface area contributed by atoms with E-state index in [1.54, 1.807) is 36.4 Å². The second kappa shape index (κ2) is 6.65. The summed E-state index contributed by atoms with van der Waals surface area (Å²) in [5.74, 6) is -0.135. The smallest absolute Gasteiger partial charge is 0.257 e. The highest BCUT2D eigenvalue weighted by molar-refractivity contribution is 6.30. The molecule has 0 saturated carbocycles. The first-order chi connectivity index (χ1) is 12.6. The highest BCUT2D eigenvalue weighted by atomic mass is 35.5. The summed E-state index contributed by atoms with van der Waals surface area (Å²) >= 11 is 5.88. The van der Waals surface area contributed by atoms with Crippen LogP contribution in [0.25, 0.3) is 0 Å². The molecule has 1 saturated heterocycles. The molecule has 2 heterocycles. The van der Waals surface area contributed by atoms with Crippen LogP contribution >= 0.6 is 11.6 Å². The molecule has 0 bridgehead atoms. The van der Waals surface area contributed by atoms with Crippen LogP contribution in [-0.2, 0) is 0 Å². The SMILES string of the molecule is CCN1c2cc(C(=O)Nc3ccc(Cl)cc3)ccc2C(=O)N2CCCC21. The van der Waals surface area contributed by atoms with Gasteiger partial charge in [-0.15, -0.1) is 0 Å². The zero-order valence-corrected chi connectivity index (χ0v) is 15.3. The van der Waals surface area contributed by atoms with E-state index in [1.165, 1.54) is 0 Å². The van der Waals surface area contributed by atoms with Crippen molar-refractivity contribution in [3.05, 3.63) is 58.6 Å². The van der Waals surface area contributed by atoms with Crippen molar-refractivity contribution in [1.82, 2.24) is 4.90 Å². The monoisotopic (exact) mass is 369 g/mol. The first kappa shape index (κ1) is 16.9. The van der Waals surface area contributed by atoms with E-state index in [-0.39, 0.29) is 18.0 Å². The molecule has 5 nitrogen and oxygen atoms in total. The van der Waals surface area contributed by atoms with Gasteiger partial charge in [-0.2, -0.15) is 0 Å². The lowest BCUT2D eigenvalue weighted by Gasteiger charge is -2.41. The van der Waals surface area contributed by atoms with Crippen molar-refractivity contribution in [2.75, 3.05) is 23.3 Å². The lowest BCUT2D eigenvalue weighted by molar-refractivity contribution is 0.0715. The number of amides is 2. The third-order valence-electron chi connectivity index (χ3n) is 5.08. The van der Waals surface area contributed by atoms with E-state index in [2.05, 4.69) is 17.1 Å². The zero-order chi connectivity index (χ0) is 18.3. The first-order valence-electron chi connectivity index (χ1n) is 8.87. The molecule has 2 amide bonds. The maximum atomic E-state index is 12.7. The third kappa shape index (κ3) is 2.82. The van der Waals surface area contributed by atoms with E-state index >= 15 is 0 Å². The molecular formula is C20H20ClN3O2. The minimum atomic E-state index is -0.201. The van der Waals surface area contributed by atoms with Crippen LogP contribution in [0.3, 0.4) is 0 Å². The van der Waals surface area contributed by atoms with Crippen molar-refractivity contribution in [1.29, 1.82) is 0 Å². The average Bonchev–Trinajstić information content (AvgIpc) is 3.13. The second-order valence-corrected chi connectivity index (χ2v) is 7.04. The Morgan fingerprint density at radius 2 is 2.00 bits per heavy atom. The molecule has 1 atom stereocenters. The Balaban J connectivity index is 1.65. The highest BCUT2D eigenvalue weighted by Crippen LogP contribution is 2.36. The number of nitrogens with one attached hydrogen (secondary N) is 1. The Morgan fingerprint density at radius 1 is 1.23 bits per heavy atom. The Morgan fingerprint density at radius 3 is 2.73 bits per heavy atom. The quantitative estimate of drug-likeness (QED) is 0.889. The molecule has 2 aromatic rings. The average molecular weight is 370 g/mol. The van der Waals surface area contributed by atoms with E-state index in [0.717, 1.165) is 31.6 Å². The molecule has 0 spiro atoms. The Bertz CT molecular complexity index is 866. The summed E-state index contributed by atoms with van der Waals surface area (Å²) in [4.78, 5) is 29.5. The number of carbonyl (C=O) groups is 2. The standard InChI is InChI=1S/C20H20ClN3O2/c1-2-23-17-12-13(19(25)22-15-8-6-14(21)7-9-15)5-10-16(17)20(26)24-11-3-4-18(23)24/h5-10,12,18H,2-4,11H2,1H3,(H,22,25). The molecule has 1 N–H and O–H groups in total. The van der Waals surface area contributed by atoms with Crippen LogP contribution in [0.4, 0.5) is 11.4 Å². The molecule has 0 radical (unpaired) electrons. The van der Waals surface area contributed by atoms with Gasteiger partial charge in [-0.1, -0.05) is 11.6 Å². The molecule has 0 aliphatic carbocycles. The fourth-order valence-electron chi connectivity index (χ4n) is 3.83. The molecule has 1 fully saturated rings. The van der Waals surface area contributed by atoms with E-state index in [9.17, 15) is 9.59 Å². The van der Waals surface area contributed by atoms with E-state index in [4.69, 9.17) is 11.6 Å². The van der Waals surface area contributed by atoms with E-state index < -0.39 is 0 Å². The lowest BCUT2D eigenvalue weighted by atomic mass is 10.0.